The lowest BCUT2D eigenvalue weighted by Crippen LogP contribution is -2.40. The van der Waals surface area contributed by atoms with E-state index in [0.717, 1.165) is 0 Å². The summed E-state index contributed by atoms with van der Waals surface area (Å²) in [6.45, 7) is 0.320. The van der Waals surface area contributed by atoms with Crippen molar-refractivity contribution < 1.29 is 24.9 Å². The highest BCUT2D eigenvalue weighted by molar-refractivity contribution is 9.24. The van der Waals surface area contributed by atoms with E-state index >= 15 is 0 Å². The summed E-state index contributed by atoms with van der Waals surface area (Å²) in [4.78, 5) is 11.7. The van der Waals surface area contributed by atoms with E-state index in [0.29, 0.717) is 6.42 Å². The lowest BCUT2D eigenvalue weighted by Gasteiger charge is -2.27. The zero-order valence-electron chi connectivity index (χ0n) is 9.94. The summed E-state index contributed by atoms with van der Waals surface area (Å²) < 4.78 is 5.04. The number of rotatable bonds is 10. The fourth-order valence-electron chi connectivity index (χ4n) is 0.943. The Morgan fingerprint density at radius 2 is 1.89 bits per heavy atom. The van der Waals surface area contributed by atoms with Crippen molar-refractivity contribution in [3.63, 3.8) is 0 Å². The SMILES string of the molecule is CCC(SSSS)C(=O)OCC(CO)(CO)CO. The van der Waals surface area contributed by atoms with Crippen molar-refractivity contribution in [2.24, 2.45) is 5.41 Å². The Hall–Kier alpha value is 0.750. The van der Waals surface area contributed by atoms with Gasteiger partial charge in [0.1, 0.15) is 11.9 Å². The van der Waals surface area contributed by atoms with Gasteiger partial charge in [0, 0.05) is 0 Å². The van der Waals surface area contributed by atoms with Gasteiger partial charge in [-0.05, 0) is 26.1 Å². The molecule has 0 radical (unpaired) electrons. The number of esters is 1. The Morgan fingerprint density at radius 3 is 2.28 bits per heavy atom. The summed E-state index contributed by atoms with van der Waals surface area (Å²) in [6.07, 6.45) is 0.606. The van der Waals surface area contributed by atoms with E-state index in [1.807, 2.05) is 6.92 Å². The average Bonchev–Trinajstić information content (AvgIpc) is 2.42. The number of aliphatic hydroxyl groups excluding tert-OH is 3. The molecule has 1 unspecified atom stereocenters. The Balaban J connectivity index is 4.28. The normalized spacial score (nSPS) is 13.4. The smallest absolute Gasteiger partial charge is 0.319 e. The van der Waals surface area contributed by atoms with Crippen molar-refractivity contribution in [1.29, 1.82) is 0 Å². The number of aliphatic hydroxyl groups is 3. The molecule has 3 N–H and O–H groups in total. The third kappa shape index (κ3) is 6.27. The molecule has 0 saturated heterocycles. The van der Waals surface area contributed by atoms with Crippen LogP contribution in [0.1, 0.15) is 13.3 Å². The first-order chi connectivity index (χ1) is 8.59. The molecule has 0 fully saturated rings. The number of hydrogen-bond acceptors (Lipinski definition) is 9. The zero-order valence-corrected chi connectivity index (χ0v) is 13.3. The highest BCUT2D eigenvalue weighted by atomic mass is 33.7. The molecule has 0 bridgehead atoms. The van der Waals surface area contributed by atoms with Crippen LogP contribution in [0.15, 0.2) is 0 Å². The fourth-order valence-corrected chi connectivity index (χ4v) is 4.51. The molecule has 0 rings (SSSR count). The van der Waals surface area contributed by atoms with E-state index in [1.54, 1.807) is 0 Å². The number of carbonyl (C=O) groups excluding carboxylic acids is 1. The Labute approximate surface area is 123 Å². The molecular formula is C9H18O5S4. The molecule has 0 saturated carbocycles. The molecule has 1 atom stereocenters. The van der Waals surface area contributed by atoms with Crippen LogP contribution >= 0.6 is 42.1 Å². The monoisotopic (exact) mass is 334 g/mol. The second-order valence-corrected chi connectivity index (χ2v) is 8.76. The van der Waals surface area contributed by atoms with Gasteiger partial charge in [0.15, 0.2) is 0 Å². The third-order valence-electron chi connectivity index (χ3n) is 2.35. The second-order valence-electron chi connectivity index (χ2n) is 3.72. The van der Waals surface area contributed by atoms with Crippen LogP contribution in [0.2, 0.25) is 0 Å². The molecule has 0 amide bonds. The van der Waals surface area contributed by atoms with Crippen LogP contribution in [0.25, 0.3) is 0 Å². The summed E-state index contributed by atoms with van der Waals surface area (Å²) in [6, 6.07) is 0. The van der Waals surface area contributed by atoms with Gasteiger partial charge in [-0.2, -0.15) is 0 Å². The molecule has 18 heavy (non-hydrogen) atoms. The van der Waals surface area contributed by atoms with Crippen LogP contribution in [-0.4, -0.2) is 53.0 Å². The van der Waals surface area contributed by atoms with Crippen LogP contribution in [0, 0.1) is 5.41 Å². The van der Waals surface area contributed by atoms with Crippen molar-refractivity contribution in [3.05, 3.63) is 0 Å². The zero-order chi connectivity index (χ0) is 14.0. The standard InChI is InChI=1S/C9H18O5S4/c1-2-7(16-18-17-15)8(13)14-6-9(3-10,4-11)5-12/h7,10-12,15H,2-6H2,1H3. The molecule has 5 nitrogen and oxygen atoms in total. The first-order valence-corrected chi connectivity index (χ1v) is 9.81. The summed E-state index contributed by atoms with van der Waals surface area (Å²) in [7, 11) is 3.96. The molecule has 0 aliphatic rings. The Morgan fingerprint density at radius 1 is 1.33 bits per heavy atom. The van der Waals surface area contributed by atoms with E-state index in [1.165, 1.54) is 30.4 Å². The van der Waals surface area contributed by atoms with E-state index < -0.39 is 31.2 Å². The quantitative estimate of drug-likeness (QED) is 0.269. The van der Waals surface area contributed by atoms with Crippen molar-refractivity contribution in [1.82, 2.24) is 0 Å². The van der Waals surface area contributed by atoms with Crippen molar-refractivity contribution in [2.45, 2.75) is 18.6 Å². The topological polar surface area (TPSA) is 87.0 Å². The lowest BCUT2D eigenvalue weighted by atomic mass is 9.93. The third-order valence-corrected chi connectivity index (χ3v) is 7.26. The molecule has 0 heterocycles. The van der Waals surface area contributed by atoms with E-state index in [4.69, 9.17) is 20.1 Å². The maximum Gasteiger partial charge on any atom is 0.319 e. The van der Waals surface area contributed by atoms with Gasteiger partial charge in [-0.1, -0.05) is 29.4 Å². The number of thiol groups is 1. The minimum absolute atomic E-state index is 0.203. The molecule has 0 aromatic heterocycles. The summed E-state index contributed by atoms with van der Waals surface area (Å²) in [5.41, 5.74) is -1.18. The predicted molar refractivity (Wildman–Crippen MR) is 80.5 cm³/mol. The fraction of sp³-hybridized carbons (Fsp3) is 0.889. The first-order valence-electron chi connectivity index (χ1n) is 5.22. The molecule has 0 aliphatic heterocycles. The van der Waals surface area contributed by atoms with Crippen LogP contribution in [-0.2, 0) is 9.53 Å². The van der Waals surface area contributed by atoms with Gasteiger partial charge in [0.25, 0.3) is 0 Å². The predicted octanol–water partition coefficient (Wildman–Crippen LogP) is 1.15. The molecule has 0 aliphatic carbocycles. The minimum atomic E-state index is -1.18. The highest BCUT2D eigenvalue weighted by Crippen LogP contribution is 2.41. The average molecular weight is 335 g/mol. The second kappa shape index (κ2) is 10.5. The van der Waals surface area contributed by atoms with Crippen LogP contribution in [0.3, 0.4) is 0 Å². The number of ether oxygens (including phenoxy) is 1. The van der Waals surface area contributed by atoms with Gasteiger partial charge < -0.3 is 20.1 Å². The molecular weight excluding hydrogens is 316 g/mol. The van der Waals surface area contributed by atoms with Gasteiger partial charge in [-0.15, -0.1) is 0 Å². The highest BCUT2D eigenvalue weighted by Gasteiger charge is 2.31. The van der Waals surface area contributed by atoms with Gasteiger partial charge >= 0.3 is 5.97 Å². The first kappa shape index (κ1) is 18.8. The lowest BCUT2D eigenvalue weighted by molar-refractivity contribution is -0.150. The molecule has 0 aromatic rings. The van der Waals surface area contributed by atoms with Crippen LogP contribution in [0.4, 0.5) is 0 Å². The molecule has 108 valence electrons. The largest absolute Gasteiger partial charge is 0.464 e. The van der Waals surface area contributed by atoms with Gasteiger partial charge in [-0.3, -0.25) is 4.79 Å². The summed E-state index contributed by atoms with van der Waals surface area (Å²) in [5, 5.41) is 26.9. The molecule has 0 spiro atoms. The van der Waals surface area contributed by atoms with Crippen LogP contribution < -0.4 is 0 Å². The minimum Gasteiger partial charge on any atom is -0.464 e. The van der Waals surface area contributed by atoms with Gasteiger partial charge in [0.05, 0.1) is 25.2 Å². The number of carbonyl (C=O) groups is 1. The van der Waals surface area contributed by atoms with Crippen molar-refractivity contribution in [3.8, 4) is 0 Å². The Bertz CT molecular complexity index is 229. The van der Waals surface area contributed by atoms with Crippen LogP contribution in [0.5, 0.6) is 0 Å². The molecule has 0 aromatic carbocycles. The maximum atomic E-state index is 11.7. The van der Waals surface area contributed by atoms with E-state index in [2.05, 4.69) is 11.7 Å². The van der Waals surface area contributed by atoms with Crippen molar-refractivity contribution in [2.75, 3.05) is 26.4 Å². The molecule has 9 heteroatoms. The van der Waals surface area contributed by atoms with E-state index in [-0.39, 0.29) is 11.9 Å². The van der Waals surface area contributed by atoms with Crippen molar-refractivity contribution >= 4 is 48.1 Å². The van der Waals surface area contributed by atoms with Gasteiger partial charge in [-0.25, -0.2) is 0 Å². The van der Waals surface area contributed by atoms with E-state index in [9.17, 15) is 4.79 Å². The summed E-state index contributed by atoms with van der Waals surface area (Å²) >= 11 is 3.95. The number of hydrogen-bond donors (Lipinski definition) is 4. The Kier molecular flexibility index (Phi) is 11.0. The maximum absolute atomic E-state index is 11.7. The summed E-state index contributed by atoms with van der Waals surface area (Å²) in [5.74, 6) is -0.419. The van der Waals surface area contributed by atoms with Gasteiger partial charge in [0.2, 0.25) is 0 Å².